The lowest BCUT2D eigenvalue weighted by atomic mass is 9.87. The molecule has 1 saturated carbocycles. The molecule has 0 N–H and O–H groups in total. The minimum Gasteiger partial charge on any atom is -0.348 e. The van der Waals surface area contributed by atoms with Gasteiger partial charge in [0.25, 0.3) is 0 Å². The summed E-state index contributed by atoms with van der Waals surface area (Å²) in [5.41, 5.74) is 3.06. The van der Waals surface area contributed by atoms with E-state index in [-0.39, 0.29) is 5.78 Å². The molecule has 0 spiro atoms. The van der Waals surface area contributed by atoms with Crippen LogP contribution in [0.1, 0.15) is 67.2 Å². The number of rotatable bonds is 5. The van der Waals surface area contributed by atoms with Crippen LogP contribution in [0.5, 0.6) is 0 Å². The van der Waals surface area contributed by atoms with Gasteiger partial charge in [-0.3, -0.25) is 4.79 Å². The van der Waals surface area contributed by atoms with Gasteiger partial charge in [-0.15, -0.1) is 11.6 Å². The molecule has 0 saturated heterocycles. The fourth-order valence-electron chi connectivity index (χ4n) is 3.40. The number of carbonyl (C=O) groups excluding carboxylic acids is 1. The van der Waals surface area contributed by atoms with Crippen molar-refractivity contribution >= 4 is 17.4 Å². The molecule has 0 aromatic carbocycles. The molecular formula is C17H26ClNO. The van der Waals surface area contributed by atoms with Crippen molar-refractivity contribution < 1.29 is 4.79 Å². The van der Waals surface area contributed by atoms with Gasteiger partial charge in [0.1, 0.15) is 0 Å². The van der Waals surface area contributed by atoms with Crippen LogP contribution in [0.4, 0.5) is 0 Å². The van der Waals surface area contributed by atoms with Crippen molar-refractivity contribution in [2.24, 2.45) is 5.92 Å². The number of ketones is 1. The molecule has 0 amide bonds. The molecular weight excluding hydrogens is 270 g/mol. The van der Waals surface area contributed by atoms with E-state index in [0.29, 0.717) is 0 Å². The van der Waals surface area contributed by atoms with Crippen LogP contribution in [0, 0.1) is 19.8 Å². The maximum Gasteiger partial charge on any atom is 0.182 e. The summed E-state index contributed by atoms with van der Waals surface area (Å²) < 4.78 is 2.29. The van der Waals surface area contributed by atoms with E-state index in [1.54, 1.807) is 6.92 Å². The van der Waals surface area contributed by atoms with Gasteiger partial charge in [-0.25, -0.2) is 0 Å². The number of Topliss-reactive ketones (excluding diaryl/α,β-unsaturated/α-hetero) is 1. The summed E-state index contributed by atoms with van der Waals surface area (Å²) in [7, 11) is 0. The van der Waals surface area contributed by atoms with Gasteiger partial charge in [0.05, 0.1) is 5.38 Å². The fraction of sp³-hybridized carbons (Fsp3) is 0.706. The highest BCUT2D eigenvalue weighted by molar-refractivity contribution is 6.33. The van der Waals surface area contributed by atoms with Crippen LogP contribution in [-0.2, 0) is 6.54 Å². The number of carbonyl (C=O) groups is 1. The molecule has 1 heterocycles. The van der Waals surface area contributed by atoms with E-state index in [0.717, 1.165) is 23.7 Å². The van der Waals surface area contributed by atoms with E-state index in [2.05, 4.69) is 11.5 Å². The van der Waals surface area contributed by atoms with Crippen LogP contribution >= 0.6 is 11.6 Å². The van der Waals surface area contributed by atoms with E-state index < -0.39 is 5.38 Å². The van der Waals surface area contributed by atoms with Crippen LogP contribution in [0.2, 0.25) is 0 Å². The average molecular weight is 296 g/mol. The fourth-order valence-corrected chi connectivity index (χ4v) is 3.51. The first-order valence-electron chi connectivity index (χ1n) is 7.85. The number of hydrogen-bond acceptors (Lipinski definition) is 1. The Kier molecular flexibility index (Phi) is 5.31. The van der Waals surface area contributed by atoms with Crippen LogP contribution in [0.15, 0.2) is 6.07 Å². The van der Waals surface area contributed by atoms with Crippen molar-refractivity contribution in [2.75, 3.05) is 0 Å². The molecule has 112 valence electrons. The number of hydrogen-bond donors (Lipinski definition) is 0. The molecule has 20 heavy (non-hydrogen) atoms. The van der Waals surface area contributed by atoms with Gasteiger partial charge in [-0.05, 0) is 39.2 Å². The summed E-state index contributed by atoms with van der Waals surface area (Å²) in [6.45, 7) is 6.91. The molecule has 1 aromatic heterocycles. The zero-order valence-electron chi connectivity index (χ0n) is 12.9. The Labute approximate surface area is 127 Å². The molecule has 1 aliphatic rings. The third-order valence-electron chi connectivity index (χ3n) is 4.69. The lowest BCUT2D eigenvalue weighted by molar-refractivity contribution is 0.0991. The van der Waals surface area contributed by atoms with Crippen molar-refractivity contribution in [2.45, 2.75) is 71.2 Å². The van der Waals surface area contributed by atoms with Crippen molar-refractivity contribution in [3.8, 4) is 0 Å². The Morgan fingerprint density at radius 1 is 1.35 bits per heavy atom. The second-order valence-corrected chi connectivity index (χ2v) is 6.86. The number of alkyl halides is 1. The Bertz CT molecular complexity index is 470. The summed E-state index contributed by atoms with van der Waals surface area (Å²) in [6, 6.07) is 2.00. The van der Waals surface area contributed by atoms with E-state index in [1.165, 1.54) is 44.2 Å². The second kappa shape index (κ2) is 6.80. The number of aryl methyl sites for hydroxylation is 1. The van der Waals surface area contributed by atoms with Gasteiger partial charge in [0.15, 0.2) is 5.78 Å². The SMILES string of the molecule is Cc1cc(C(=O)C(C)Cl)c(C)n1CCC1CCCCC1. The topological polar surface area (TPSA) is 22.0 Å². The molecule has 0 radical (unpaired) electrons. The largest absolute Gasteiger partial charge is 0.348 e. The predicted molar refractivity (Wildman–Crippen MR) is 84.7 cm³/mol. The average Bonchev–Trinajstić information content (AvgIpc) is 2.72. The van der Waals surface area contributed by atoms with E-state index in [1.807, 2.05) is 13.0 Å². The van der Waals surface area contributed by atoms with Crippen LogP contribution in [0.25, 0.3) is 0 Å². The number of halogens is 1. The van der Waals surface area contributed by atoms with Crippen molar-refractivity contribution in [3.05, 3.63) is 23.0 Å². The van der Waals surface area contributed by atoms with E-state index in [4.69, 9.17) is 11.6 Å². The molecule has 1 aromatic rings. The third-order valence-corrected chi connectivity index (χ3v) is 4.88. The number of aromatic nitrogens is 1. The lowest BCUT2D eigenvalue weighted by Gasteiger charge is -2.22. The predicted octanol–water partition coefficient (Wildman–Crippen LogP) is 4.89. The molecule has 1 fully saturated rings. The Morgan fingerprint density at radius 3 is 2.60 bits per heavy atom. The highest BCUT2D eigenvalue weighted by Crippen LogP contribution is 2.28. The third kappa shape index (κ3) is 3.46. The molecule has 1 aliphatic carbocycles. The standard InChI is InChI=1S/C17H26ClNO/c1-12-11-16(17(20)13(2)18)14(3)19(12)10-9-15-7-5-4-6-8-15/h11,13,15H,4-10H2,1-3H3. The minimum atomic E-state index is -0.442. The first-order chi connectivity index (χ1) is 9.50. The van der Waals surface area contributed by atoms with Gasteiger partial charge in [0.2, 0.25) is 0 Å². The lowest BCUT2D eigenvalue weighted by Crippen LogP contribution is -2.14. The Hall–Kier alpha value is -0.760. The van der Waals surface area contributed by atoms with Crippen LogP contribution in [0.3, 0.4) is 0 Å². The zero-order chi connectivity index (χ0) is 14.7. The summed E-state index contributed by atoms with van der Waals surface area (Å²) >= 11 is 5.94. The minimum absolute atomic E-state index is 0.0451. The summed E-state index contributed by atoms with van der Waals surface area (Å²) in [5, 5.41) is -0.442. The first-order valence-corrected chi connectivity index (χ1v) is 8.29. The number of nitrogens with zero attached hydrogens (tertiary/aromatic N) is 1. The zero-order valence-corrected chi connectivity index (χ0v) is 13.7. The van der Waals surface area contributed by atoms with Crippen LogP contribution < -0.4 is 0 Å². The van der Waals surface area contributed by atoms with E-state index >= 15 is 0 Å². The van der Waals surface area contributed by atoms with Gasteiger partial charge >= 0.3 is 0 Å². The van der Waals surface area contributed by atoms with Gasteiger partial charge in [-0.2, -0.15) is 0 Å². The molecule has 2 nitrogen and oxygen atoms in total. The molecule has 1 atom stereocenters. The van der Waals surface area contributed by atoms with Crippen molar-refractivity contribution in [3.63, 3.8) is 0 Å². The monoisotopic (exact) mass is 295 g/mol. The van der Waals surface area contributed by atoms with Gasteiger partial charge in [-0.1, -0.05) is 32.1 Å². The van der Waals surface area contributed by atoms with E-state index in [9.17, 15) is 4.79 Å². The molecule has 3 heteroatoms. The molecule has 2 rings (SSSR count). The normalized spacial score (nSPS) is 18.2. The molecule has 0 aliphatic heterocycles. The highest BCUT2D eigenvalue weighted by atomic mass is 35.5. The quantitative estimate of drug-likeness (QED) is 0.560. The first kappa shape index (κ1) is 15.6. The summed E-state index contributed by atoms with van der Waals surface area (Å²) in [6.07, 6.45) is 8.18. The van der Waals surface area contributed by atoms with Gasteiger partial charge < -0.3 is 4.57 Å². The summed E-state index contributed by atoms with van der Waals surface area (Å²) in [4.78, 5) is 12.1. The summed E-state index contributed by atoms with van der Waals surface area (Å²) in [5.74, 6) is 0.916. The van der Waals surface area contributed by atoms with Gasteiger partial charge in [0, 0.05) is 23.5 Å². The molecule has 0 bridgehead atoms. The smallest absolute Gasteiger partial charge is 0.182 e. The van der Waals surface area contributed by atoms with Crippen LogP contribution in [-0.4, -0.2) is 15.7 Å². The van der Waals surface area contributed by atoms with Crippen molar-refractivity contribution in [1.82, 2.24) is 4.57 Å². The maximum absolute atomic E-state index is 12.1. The Morgan fingerprint density at radius 2 is 2.00 bits per heavy atom. The van der Waals surface area contributed by atoms with Crippen molar-refractivity contribution in [1.29, 1.82) is 0 Å². The maximum atomic E-state index is 12.1. The Balaban J connectivity index is 2.06. The molecule has 1 unspecified atom stereocenters. The highest BCUT2D eigenvalue weighted by Gasteiger charge is 2.20. The second-order valence-electron chi connectivity index (χ2n) is 6.21.